The van der Waals surface area contributed by atoms with Gasteiger partial charge in [-0.2, -0.15) is 0 Å². The van der Waals surface area contributed by atoms with Crippen LogP contribution < -0.4 is 10.7 Å². The molecular formula is C20H14N2O3. The highest BCUT2D eigenvalue weighted by atomic mass is 16.4. The van der Waals surface area contributed by atoms with Gasteiger partial charge in [0, 0.05) is 16.6 Å². The van der Waals surface area contributed by atoms with Gasteiger partial charge in [0.15, 0.2) is 5.43 Å². The normalized spacial score (nSPS) is 10.9. The third-order valence-corrected chi connectivity index (χ3v) is 4.14. The molecule has 3 N–H and O–H groups in total. The van der Waals surface area contributed by atoms with Crippen molar-refractivity contribution in [3.63, 3.8) is 0 Å². The number of nitrogens with one attached hydrogen (secondary N) is 2. The summed E-state index contributed by atoms with van der Waals surface area (Å²) in [7, 11) is 0. The van der Waals surface area contributed by atoms with E-state index >= 15 is 0 Å². The summed E-state index contributed by atoms with van der Waals surface area (Å²) in [5, 5.41) is 13.5. The summed E-state index contributed by atoms with van der Waals surface area (Å²) in [6.45, 7) is 0. The van der Waals surface area contributed by atoms with Gasteiger partial charge in [-0.3, -0.25) is 4.79 Å². The fourth-order valence-electron chi connectivity index (χ4n) is 3.02. The van der Waals surface area contributed by atoms with E-state index in [2.05, 4.69) is 10.3 Å². The Balaban J connectivity index is 2.04. The monoisotopic (exact) mass is 330 g/mol. The van der Waals surface area contributed by atoms with Crippen molar-refractivity contribution < 1.29 is 9.90 Å². The minimum atomic E-state index is -1.15. The molecule has 0 atom stereocenters. The molecule has 0 radical (unpaired) electrons. The molecule has 0 saturated carbocycles. The fourth-order valence-corrected chi connectivity index (χ4v) is 3.02. The molecule has 25 heavy (non-hydrogen) atoms. The first kappa shape index (κ1) is 15.0. The predicted molar refractivity (Wildman–Crippen MR) is 98.8 cm³/mol. The summed E-state index contributed by atoms with van der Waals surface area (Å²) in [4.78, 5) is 28.0. The minimum Gasteiger partial charge on any atom is -0.478 e. The highest BCUT2D eigenvalue weighted by molar-refractivity contribution is 6.10. The molecule has 0 amide bonds. The van der Waals surface area contributed by atoms with Crippen LogP contribution in [0.3, 0.4) is 0 Å². The number of carboxylic acid groups (broad SMARTS) is 1. The van der Waals surface area contributed by atoms with Crippen LogP contribution in [0.25, 0.3) is 21.8 Å². The molecule has 1 heterocycles. The minimum absolute atomic E-state index is 0.0339. The second-order valence-corrected chi connectivity index (χ2v) is 5.71. The number of rotatable bonds is 3. The number of para-hydroxylation sites is 2. The molecule has 5 nitrogen and oxygen atoms in total. The van der Waals surface area contributed by atoms with Gasteiger partial charge < -0.3 is 15.4 Å². The van der Waals surface area contributed by atoms with Crippen LogP contribution in [0.2, 0.25) is 0 Å². The van der Waals surface area contributed by atoms with Crippen molar-refractivity contribution in [1.29, 1.82) is 0 Å². The lowest BCUT2D eigenvalue weighted by Crippen LogP contribution is -2.12. The van der Waals surface area contributed by atoms with Gasteiger partial charge >= 0.3 is 5.97 Å². The zero-order valence-electron chi connectivity index (χ0n) is 13.1. The number of aromatic carboxylic acids is 1. The maximum Gasteiger partial charge on any atom is 0.338 e. The number of aromatic nitrogens is 1. The summed E-state index contributed by atoms with van der Waals surface area (Å²) in [6.07, 6.45) is 0. The van der Waals surface area contributed by atoms with Gasteiger partial charge in [0.2, 0.25) is 0 Å². The van der Waals surface area contributed by atoms with Gasteiger partial charge in [0.1, 0.15) is 0 Å². The Labute approximate surface area is 142 Å². The maximum absolute atomic E-state index is 12.9. The Hall–Kier alpha value is -3.60. The molecule has 1 aromatic heterocycles. The Morgan fingerprint density at radius 2 is 1.60 bits per heavy atom. The summed E-state index contributed by atoms with van der Waals surface area (Å²) in [5.41, 5.74) is 1.99. The highest BCUT2D eigenvalue weighted by Crippen LogP contribution is 2.27. The number of anilines is 2. The van der Waals surface area contributed by atoms with Crippen LogP contribution >= 0.6 is 0 Å². The number of carboxylic acids is 1. The second kappa shape index (κ2) is 5.79. The van der Waals surface area contributed by atoms with Crippen molar-refractivity contribution in [3.05, 3.63) is 82.5 Å². The van der Waals surface area contributed by atoms with Crippen LogP contribution in [-0.4, -0.2) is 16.1 Å². The van der Waals surface area contributed by atoms with E-state index < -0.39 is 5.97 Å². The molecule has 0 unspecified atom stereocenters. The van der Waals surface area contributed by atoms with Gasteiger partial charge in [-0.05, 0) is 36.4 Å². The first-order valence-corrected chi connectivity index (χ1v) is 7.78. The molecule has 0 aliphatic carbocycles. The average molecular weight is 330 g/mol. The molecule has 0 aliphatic rings. The van der Waals surface area contributed by atoms with E-state index in [4.69, 9.17) is 0 Å². The fraction of sp³-hybridized carbons (Fsp3) is 0. The van der Waals surface area contributed by atoms with Crippen LogP contribution in [0.5, 0.6) is 0 Å². The number of hydrogen-bond donors (Lipinski definition) is 3. The van der Waals surface area contributed by atoms with E-state index in [1.54, 1.807) is 30.3 Å². The molecule has 0 saturated heterocycles. The molecule has 0 bridgehead atoms. The Bertz CT molecular complexity index is 1160. The van der Waals surface area contributed by atoms with Gasteiger partial charge in [-0.25, -0.2) is 4.79 Å². The summed E-state index contributed by atoms with van der Waals surface area (Å²) >= 11 is 0. The zero-order chi connectivity index (χ0) is 17.4. The molecular weight excluding hydrogens is 316 g/mol. The third-order valence-electron chi connectivity index (χ3n) is 4.14. The molecule has 0 fully saturated rings. The van der Waals surface area contributed by atoms with Crippen molar-refractivity contribution in [2.75, 3.05) is 5.32 Å². The Morgan fingerprint density at radius 1 is 0.880 bits per heavy atom. The number of pyridine rings is 1. The highest BCUT2D eigenvalue weighted by Gasteiger charge is 2.19. The number of hydrogen-bond acceptors (Lipinski definition) is 3. The lowest BCUT2D eigenvalue weighted by Gasteiger charge is -2.12. The van der Waals surface area contributed by atoms with Gasteiger partial charge in [0.05, 0.1) is 22.2 Å². The first-order valence-electron chi connectivity index (χ1n) is 7.78. The van der Waals surface area contributed by atoms with Gasteiger partial charge in [-0.15, -0.1) is 0 Å². The molecule has 4 rings (SSSR count). The van der Waals surface area contributed by atoms with Crippen molar-refractivity contribution in [2.24, 2.45) is 0 Å². The Kier molecular flexibility index (Phi) is 3.47. The second-order valence-electron chi connectivity index (χ2n) is 5.71. The van der Waals surface area contributed by atoms with Crippen molar-refractivity contribution in [3.8, 4) is 0 Å². The number of fused-ring (bicyclic) bond motifs is 2. The SMILES string of the molecule is O=C(O)c1c(Nc2ccccc2)ccc2[nH]c3ccccc3c(=O)c12. The van der Waals surface area contributed by atoms with E-state index in [0.717, 1.165) is 5.69 Å². The number of aromatic amines is 1. The number of benzene rings is 3. The van der Waals surface area contributed by atoms with Crippen molar-refractivity contribution >= 4 is 39.1 Å². The molecule has 3 aromatic carbocycles. The molecule has 122 valence electrons. The first-order chi connectivity index (χ1) is 12.1. The summed E-state index contributed by atoms with van der Waals surface area (Å²) in [6, 6.07) is 19.7. The quantitative estimate of drug-likeness (QED) is 0.493. The predicted octanol–water partition coefficient (Wildman–Crippen LogP) is 4.12. The van der Waals surface area contributed by atoms with Gasteiger partial charge in [0.25, 0.3) is 0 Å². The number of H-pyrrole nitrogens is 1. The van der Waals surface area contributed by atoms with E-state index in [1.165, 1.54) is 0 Å². The van der Waals surface area contributed by atoms with Crippen LogP contribution in [0.4, 0.5) is 11.4 Å². The molecule has 5 heteroatoms. The summed E-state index contributed by atoms with van der Waals surface area (Å²) in [5.74, 6) is -1.15. The van der Waals surface area contributed by atoms with Crippen LogP contribution in [0.1, 0.15) is 10.4 Å². The smallest absolute Gasteiger partial charge is 0.338 e. The zero-order valence-corrected chi connectivity index (χ0v) is 13.1. The number of carbonyl (C=O) groups is 1. The standard InChI is InChI=1S/C20H14N2O3/c23-19-13-8-4-5-9-14(13)22-15-10-11-16(18(17(15)19)20(24)25)21-12-6-2-1-3-7-12/h1-11,21H,(H,22,23)(H,24,25). The lowest BCUT2D eigenvalue weighted by atomic mass is 10.0. The molecule has 4 aromatic rings. The van der Waals surface area contributed by atoms with E-state index in [0.29, 0.717) is 22.1 Å². The van der Waals surface area contributed by atoms with E-state index in [9.17, 15) is 14.7 Å². The lowest BCUT2D eigenvalue weighted by molar-refractivity contribution is 0.0700. The van der Waals surface area contributed by atoms with Gasteiger partial charge in [-0.1, -0.05) is 30.3 Å². The average Bonchev–Trinajstić information content (AvgIpc) is 2.63. The summed E-state index contributed by atoms with van der Waals surface area (Å²) < 4.78 is 0. The van der Waals surface area contributed by atoms with Crippen LogP contribution in [0.15, 0.2) is 71.5 Å². The Morgan fingerprint density at radius 3 is 2.36 bits per heavy atom. The van der Waals surface area contributed by atoms with E-state index in [-0.39, 0.29) is 16.4 Å². The van der Waals surface area contributed by atoms with Crippen LogP contribution in [0, 0.1) is 0 Å². The van der Waals surface area contributed by atoms with E-state index in [1.807, 2.05) is 36.4 Å². The maximum atomic E-state index is 12.9. The van der Waals surface area contributed by atoms with Crippen LogP contribution in [-0.2, 0) is 0 Å². The third kappa shape index (κ3) is 2.52. The van der Waals surface area contributed by atoms with Crippen molar-refractivity contribution in [1.82, 2.24) is 4.98 Å². The topological polar surface area (TPSA) is 82.2 Å². The largest absolute Gasteiger partial charge is 0.478 e. The molecule has 0 spiro atoms. The van der Waals surface area contributed by atoms with Crippen molar-refractivity contribution in [2.45, 2.75) is 0 Å². The molecule has 0 aliphatic heterocycles.